The molecule has 1 aliphatic rings. The maximum absolute atomic E-state index is 13.0. The molecule has 0 aliphatic carbocycles. The lowest BCUT2D eigenvalue weighted by molar-refractivity contribution is -0.120. The van der Waals surface area contributed by atoms with Crippen LogP contribution in [0.3, 0.4) is 0 Å². The molecule has 1 heterocycles. The van der Waals surface area contributed by atoms with E-state index in [1.54, 1.807) is 36.4 Å². The number of piperidine rings is 1. The summed E-state index contributed by atoms with van der Waals surface area (Å²) in [4.78, 5) is 13.6. The number of halogens is 2. The van der Waals surface area contributed by atoms with E-state index in [4.69, 9.17) is 23.2 Å². The third kappa shape index (κ3) is 4.83. The Morgan fingerprint density at radius 1 is 1.11 bits per heavy atom. The molecule has 5 nitrogen and oxygen atoms in total. The Bertz CT molecular complexity index is 955. The van der Waals surface area contributed by atoms with Crippen LogP contribution in [0.5, 0.6) is 0 Å². The number of rotatable bonds is 5. The minimum atomic E-state index is -3.58. The zero-order valence-corrected chi connectivity index (χ0v) is 18.3. The molecule has 0 radical (unpaired) electrons. The number of benzene rings is 2. The smallest absolute Gasteiger partial charge is 0.244 e. The van der Waals surface area contributed by atoms with E-state index in [1.165, 1.54) is 16.1 Å². The van der Waals surface area contributed by atoms with Crippen molar-refractivity contribution < 1.29 is 13.2 Å². The molecule has 1 fully saturated rings. The number of carbonyl (C=O) groups is 1. The highest BCUT2D eigenvalue weighted by molar-refractivity contribution is 7.99. The fourth-order valence-corrected chi connectivity index (χ4v) is 6.32. The number of amides is 1. The van der Waals surface area contributed by atoms with Crippen molar-refractivity contribution in [3.8, 4) is 0 Å². The normalized spacial score (nSPS) is 16.1. The highest BCUT2D eigenvalue weighted by Gasteiger charge is 2.33. The molecule has 2 aromatic rings. The second kappa shape index (κ2) is 9.05. The molecule has 9 heteroatoms. The van der Waals surface area contributed by atoms with Crippen LogP contribution in [0.25, 0.3) is 0 Å². The van der Waals surface area contributed by atoms with Gasteiger partial charge in [0.2, 0.25) is 15.9 Å². The Morgan fingerprint density at radius 2 is 1.71 bits per heavy atom. The van der Waals surface area contributed by atoms with Crippen molar-refractivity contribution in [3.05, 3.63) is 52.5 Å². The van der Waals surface area contributed by atoms with Gasteiger partial charge in [-0.25, -0.2) is 8.42 Å². The molecule has 0 saturated carbocycles. The fraction of sp³-hybridized carbons (Fsp3) is 0.316. The van der Waals surface area contributed by atoms with Crippen molar-refractivity contribution in [2.45, 2.75) is 22.6 Å². The summed E-state index contributed by atoms with van der Waals surface area (Å²) in [5.41, 5.74) is 0.534. The van der Waals surface area contributed by atoms with Gasteiger partial charge in [-0.15, -0.1) is 11.8 Å². The first kappa shape index (κ1) is 21.5. The molecule has 1 amide bonds. The fourth-order valence-electron chi connectivity index (χ4n) is 3.20. The second-order valence-electron chi connectivity index (χ2n) is 6.48. The van der Waals surface area contributed by atoms with Crippen molar-refractivity contribution in [2.24, 2.45) is 5.92 Å². The van der Waals surface area contributed by atoms with Crippen molar-refractivity contribution in [2.75, 3.05) is 24.7 Å². The maximum atomic E-state index is 13.0. The van der Waals surface area contributed by atoms with Crippen molar-refractivity contribution in [3.63, 3.8) is 0 Å². The number of anilines is 1. The predicted octanol–water partition coefficient (Wildman–Crippen LogP) is 4.75. The zero-order valence-electron chi connectivity index (χ0n) is 15.2. The Morgan fingerprint density at radius 3 is 2.32 bits per heavy atom. The van der Waals surface area contributed by atoms with E-state index in [9.17, 15) is 13.2 Å². The minimum absolute atomic E-state index is 0.153. The summed E-state index contributed by atoms with van der Waals surface area (Å²) < 4.78 is 27.4. The average Bonchev–Trinajstić information content (AvgIpc) is 2.67. The lowest BCUT2D eigenvalue weighted by Gasteiger charge is -2.31. The van der Waals surface area contributed by atoms with Crippen LogP contribution in [0.4, 0.5) is 5.69 Å². The molecular formula is C19H20Cl2N2O3S2. The highest BCUT2D eigenvalue weighted by atomic mass is 35.5. The van der Waals surface area contributed by atoms with Crippen LogP contribution in [-0.4, -0.2) is 38.0 Å². The molecule has 1 saturated heterocycles. The molecule has 0 unspecified atom stereocenters. The van der Waals surface area contributed by atoms with Gasteiger partial charge in [-0.05, 0) is 49.4 Å². The van der Waals surface area contributed by atoms with Gasteiger partial charge >= 0.3 is 0 Å². The number of hydrogen-bond acceptors (Lipinski definition) is 4. The summed E-state index contributed by atoms with van der Waals surface area (Å²) in [7, 11) is -3.58. The number of nitrogens with one attached hydrogen (secondary N) is 1. The van der Waals surface area contributed by atoms with Gasteiger partial charge in [-0.3, -0.25) is 4.79 Å². The van der Waals surface area contributed by atoms with Gasteiger partial charge in [0.1, 0.15) is 0 Å². The van der Waals surface area contributed by atoms with E-state index < -0.39 is 10.0 Å². The van der Waals surface area contributed by atoms with E-state index in [1.807, 2.05) is 12.3 Å². The molecule has 28 heavy (non-hydrogen) atoms. The van der Waals surface area contributed by atoms with Crippen molar-refractivity contribution in [1.29, 1.82) is 0 Å². The van der Waals surface area contributed by atoms with E-state index in [2.05, 4.69) is 5.32 Å². The Labute approximate surface area is 179 Å². The first-order valence-electron chi connectivity index (χ1n) is 8.71. The van der Waals surface area contributed by atoms with Gasteiger partial charge in [0.25, 0.3) is 0 Å². The summed E-state index contributed by atoms with van der Waals surface area (Å²) in [6.45, 7) is 0.610. The molecule has 1 N–H and O–H groups in total. The SMILES string of the molecule is CSc1ccccc1S(=O)(=O)N1CCC(C(=O)Nc2cc(Cl)cc(Cl)c2)CC1. The summed E-state index contributed by atoms with van der Waals surface area (Å²) in [5, 5.41) is 3.70. The number of carbonyl (C=O) groups excluding carboxylic acids is 1. The standard InChI is InChI=1S/C19H20Cl2N2O3S2/c1-27-17-4-2-3-5-18(17)28(25,26)23-8-6-13(7-9-23)19(24)22-16-11-14(20)10-15(21)12-16/h2-5,10-13H,6-9H2,1H3,(H,22,24). The largest absolute Gasteiger partial charge is 0.326 e. The Balaban J connectivity index is 1.66. The molecular weight excluding hydrogens is 439 g/mol. The molecule has 0 atom stereocenters. The van der Waals surface area contributed by atoms with Crippen molar-refractivity contribution >= 4 is 56.6 Å². The predicted molar refractivity (Wildman–Crippen MR) is 115 cm³/mol. The molecule has 0 bridgehead atoms. The Kier molecular flexibility index (Phi) is 6.94. The van der Waals surface area contributed by atoms with E-state index in [0.717, 1.165) is 4.90 Å². The maximum Gasteiger partial charge on any atom is 0.244 e. The van der Waals surface area contributed by atoms with Crippen LogP contribution in [0, 0.1) is 5.92 Å². The van der Waals surface area contributed by atoms with Crippen LogP contribution < -0.4 is 5.32 Å². The quantitative estimate of drug-likeness (QED) is 0.656. The molecule has 1 aliphatic heterocycles. The van der Waals surface area contributed by atoms with Gasteiger partial charge in [-0.1, -0.05) is 35.3 Å². The topological polar surface area (TPSA) is 66.5 Å². The number of thioether (sulfide) groups is 1. The van der Waals surface area contributed by atoms with Crippen LogP contribution in [-0.2, 0) is 14.8 Å². The first-order valence-corrected chi connectivity index (χ1v) is 12.1. The lowest BCUT2D eigenvalue weighted by Crippen LogP contribution is -2.41. The lowest BCUT2D eigenvalue weighted by atomic mass is 9.97. The number of nitrogens with zero attached hydrogens (tertiary/aromatic N) is 1. The van der Waals surface area contributed by atoms with Crippen LogP contribution in [0.15, 0.2) is 52.3 Å². The van der Waals surface area contributed by atoms with E-state index >= 15 is 0 Å². The summed E-state index contributed by atoms with van der Waals surface area (Å²) in [5.74, 6) is -0.417. The minimum Gasteiger partial charge on any atom is -0.326 e. The van der Waals surface area contributed by atoms with E-state index in [-0.39, 0.29) is 11.8 Å². The first-order chi connectivity index (χ1) is 13.3. The second-order valence-corrected chi connectivity index (χ2v) is 10.1. The molecule has 150 valence electrons. The number of sulfonamides is 1. The van der Waals surface area contributed by atoms with Crippen molar-refractivity contribution in [1.82, 2.24) is 4.31 Å². The van der Waals surface area contributed by atoms with Gasteiger partial charge in [0, 0.05) is 39.6 Å². The third-order valence-corrected chi connectivity index (χ3v) is 7.96. The monoisotopic (exact) mass is 458 g/mol. The van der Waals surface area contributed by atoms with Crippen LogP contribution >= 0.6 is 35.0 Å². The van der Waals surface area contributed by atoms with E-state index in [0.29, 0.717) is 46.6 Å². The summed E-state index contributed by atoms with van der Waals surface area (Å²) in [6, 6.07) is 11.8. The number of hydrogen-bond donors (Lipinski definition) is 1. The van der Waals surface area contributed by atoms with Gasteiger partial charge < -0.3 is 5.32 Å². The van der Waals surface area contributed by atoms with Gasteiger partial charge in [0.15, 0.2) is 0 Å². The Hall–Kier alpha value is -1.25. The van der Waals surface area contributed by atoms with Crippen LogP contribution in [0.1, 0.15) is 12.8 Å². The van der Waals surface area contributed by atoms with Gasteiger partial charge in [0.05, 0.1) is 4.90 Å². The summed E-state index contributed by atoms with van der Waals surface area (Å²) in [6.07, 6.45) is 2.77. The van der Waals surface area contributed by atoms with Gasteiger partial charge in [-0.2, -0.15) is 4.31 Å². The molecule has 0 spiro atoms. The average molecular weight is 459 g/mol. The molecule has 3 rings (SSSR count). The molecule has 0 aromatic heterocycles. The molecule has 2 aromatic carbocycles. The third-order valence-electron chi connectivity index (χ3n) is 4.64. The summed E-state index contributed by atoms with van der Waals surface area (Å²) >= 11 is 13.3. The van der Waals surface area contributed by atoms with Crippen LogP contribution in [0.2, 0.25) is 10.0 Å². The zero-order chi connectivity index (χ0) is 20.3. The highest BCUT2D eigenvalue weighted by Crippen LogP contribution is 2.30.